The van der Waals surface area contributed by atoms with Gasteiger partial charge >= 0.3 is 0 Å². The number of pyridine rings is 1. The fourth-order valence-electron chi connectivity index (χ4n) is 1.45. The molecule has 1 heterocycles. The summed E-state index contributed by atoms with van der Waals surface area (Å²) in [5.74, 6) is 0.0845. The molecule has 16 heavy (non-hydrogen) atoms. The van der Waals surface area contributed by atoms with E-state index >= 15 is 0 Å². The van der Waals surface area contributed by atoms with Crippen molar-refractivity contribution in [3.05, 3.63) is 28.5 Å². The molecule has 1 N–H and O–H groups in total. The SMILES string of the molecule is N#CC(NC(=O)c1cncc(Br)c1)C1CC1. The Bertz CT molecular complexity index is 451. The first-order chi connectivity index (χ1) is 7.70. The van der Waals surface area contributed by atoms with Crippen LogP contribution in [-0.2, 0) is 0 Å². The molecule has 1 aliphatic carbocycles. The maximum absolute atomic E-state index is 11.8. The molecule has 0 aliphatic heterocycles. The van der Waals surface area contributed by atoms with Gasteiger partial charge < -0.3 is 5.32 Å². The van der Waals surface area contributed by atoms with Crippen molar-refractivity contribution >= 4 is 21.8 Å². The van der Waals surface area contributed by atoms with E-state index < -0.39 is 0 Å². The average molecular weight is 280 g/mol. The molecule has 1 aromatic rings. The van der Waals surface area contributed by atoms with Gasteiger partial charge in [-0.25, -0.2) is 0 Å². The summed E-state index contributed by atoms with van der Waals surface area (Å²) in [5, 5.41) is 11.6. The Balaban J connectivity index is 2.05. The summed E-state index contributed by atoms with van der Waals surface area (Å²) in [7, 11) is 0. The summed E-state index contributed by atoms with van der Waals surface area (Å²) < 4.78 is 0.750. The standard InChI is InChI=1S/C11H10BrN3O/c12-9-3-8(5-14-6-9)11(16)15-10(4-13)7-1-2-7/h3,5-7,10H,1-2H2,(H,15,16). The number of nitriles is 1. The minimum Gasteiger partial charge on any atom is -0.336 e. The number of aromatic nitrogens is 1. The van der Waals surface area contributed by atoms with Crippen LogP contribution in [0.5, 0.6) is 0 Å². The molecular formula is C11H10BrN3O. The van der Waals surface area contributed by atoms with E-state index in [9.17, 15) is 4.79 Å². The van der Waals surface area contributed by atoms with E-state index in [-0.39, 0.29) is 11.9 Å². The molecule has 0 aromatic carbocycles. The zero-order chi connectivity index (χ0) is 11.5. The molecule has 1 aliphatic rings. The van der Waals surface area contributed by atoms with Crippen molar-refractivity contribution in [2.24, 2.45) is 5.92 Å². The molecule has 1 fully saturated rings. The Kier molecular flexibility index (Phi) is 3.20. The number of hydrogen-bond acceptors (Lipinski definition) is 3. The van der Waals surface area contributed by atoms with Crippen LogP contribution in [0.3, 0.4) is 0 Å². The molecule has 1 atom stereocenters. The summed E-state index contributed by atoms with van der Waals surface area (Å²) in [6, 6.07) is 3.43. The number of nitrogens with one attached hydrogen (secondary N) is 1. The predicted molar refractivity (Wildman–Crippen MR) is 61.5 cm³/mol. The van der Waals surface area contributed by atoms with E-state index in [1.807, 2.05) is 0 Å². The Morgan fingerprint density at radius 1 is 1.62 bits per heavy atom. The maximum atomic E-state index is 11.8. The lowest BCUT2D eigenvalue weighted by Crippen LogP contribution is -2.35. The highest BCUT2D eigenvalue weighted by molar-refractivity contribution is 9.10. The Morgan fingerprint density at radius 3 is 2.94 bits per heavy atom. The van der Waals surface area contributed by atoms with Gasteiger partial charge in [0.1, 0.15) is 6.04 Å². The van der Waals surface area contributed by atoms with Gasteiger partial charge in [-0.05, 0) is 40.8 Å². The molecule has 1 amide bonds. The van der Waals surface area contributed by atoms with Gasteiger partial charge in [-0.15, -0.1) is 0 Å². The highest BCUT2D eigenvalue weighted by Gasteiger charge is 2.32. The summed E-state index contributed by atoms with van der Waals surface area (Å²) in [6.07, 6.45) is 5.14. The number of halogens is 1. The average Bonchev–Trinajstić information content (AvgIpc) is 3.09. The van der Waals surface area contributed by atoms with Crippen molar-refractivity contribution in [2.45, 2.75) is 18.9 Å². The normalized spacial score (nSPS) is 16.2. The molecule has 4 nitrogen and oxygen atoms in total. The van der Waals surface area contributed by atoms with Crippen LogP contribution in [0.4, 0.5) is 0 Å². The molecule has 0 radical (unpaired) electrons. The molecule has 0 spiro atoms. The number of hydrogen-bond donors (Lipinski definition) is 1. The molecule has 0 saturated heterocycles. The van der Waals surface area contributed by atoms with Gasteiger partial charge in [0.15, 0.2) is 0 Å². The third kappa shape index (κ3) is 2.58. The third-order valence-corrected chi connectivity index (χ3v) is 2.92. The van der Waals surface area contributed by atoms with Gasteiger partial charge in [0, 0.05) is 16.9 Å². The second-order valence-corrected chi connectivity index (χ2v) is 4.73. The second-order valence-electron chi connectivity index (χ2n) is 3.81. The van der Waals surface area contributed by atoms with Crippen LogP contribution in [0.1, 0.15) is 23.2 Å². The van der Waals surface area contributed by atoms with Gasteiger partial charge in [-0.3, -0.25) is 9.78 Å². The zero-order valence-electron chi connectivity index (χ0n) is 8.48. The lowest BCUT2D eigenvalue weighted by atomic mass is 10.2. The van der Waals surface area contributed by atoms with E-state index in [1.54, 1.807) is 12.3 Å². The summed E-state index contributed by atoms with van der Waals surface area (Å²) in [5.41, 5.74) is 0.468. The Labute approximate surface area is 102 Å². The Hall–Kier alpha value is -1.41. The van der Waals surface area contributed by atoms with Gasteiger partial charge in [-0.2, -0.15) is 5.26 Å². The van der Waals surface area contributed by atoms with Crippen LogP contribution in [0, 0.1) is 17.2 Å². The first-order valence-corrected chi connectivity index (χ1v) is 5.81. The first-order valence-electron chi connectivity index (χ1n) is 5.01. The number of amides is 1. The van der Waals surface area contributed by atoms with Crippen molar-refractivity contribution in [2.75, 3.05) is 0 Å². The van der Waals surface area contributed by atoms with Crippen molar-refractivity contribution < 1.29 is 4.79 Å². The minimum atomic E-state index is -0.369. The summed E-state index contributed by atoms with van der Waals surface area (Å²) in [6.45, 7) is 0. The van der Waals surface area contributed by atoms with E-state index in [0.717, 1.165) is 17.3 Å². The van der Waals surface area contributed by atoms with E-state index in [2.05, 4.69) is 32.3 Å². The maximum Gasteiger partial charge on any atom is 0.253 e. The fourth-order valence-corrected chi connectivity index (χ4v) is 1.81. The van der Waals surface area contributed by atoms with E-state index in [0.29, 0.717) is 11.5 Å². The zero-order valence-corrected chi connectivity index (χ0v) is 10.1. The van der Waals surface area contributed by atoms with Crippen LogP contribution in [-0.4, -0.2) is 16.9 Å². The van der Waals surface area contributed by atoms with Crippen LogP contribution in [0.15, 0.2) is 22.9 Å². The minimum absolute atomic E-state index is 0.243. The Morgan fingerprint density at radius 2 is 2.38 bits per heavy atom. The smallest absolute Gasteiger partial charge is 0.253 e. The van der Waals surface area contributed by atoms with Crippen LogP contribution >= 0.6 is 15.9 Å². The van der Waals surface area contributed by atoms with Crippen LogP contribution in [0.2, 0.25) is 0 Å². The molecule has 0 bridgehead atoms. The fraction of sp³-hybridized carbons (Fsp3) is 0.364. The molecule has 82 valence electrons. The van der Waals surface area contributed by atoms with Gasteiger partial charge in [0.2, 0.25) is 0 Å². The van der Waals surface area contributed by atoms with Crippen LogP contribution < -0.4 is 5.32 Å². The highest BCUT2D eigenvalue weighted by Crippen LogP contribution is 2.32. The summed E-state index contributed by atoms with van der Waals surface area (Å²) >= 11 is 3.25. The lowest BCUT2D eigenvalue weighted by molar-refractivity contribution is 0.0941. The third-order valence-electron chi connectivity index (χ3n) is 2.49. The number of rotatable bonds is 3. The van der Waals surface area contributed by atoms with Gasteiger partial charge in [-0.1, -0.05) is 0 Å². The molecular weight excluding hydrogens is 270 g/mol. The topological polar surface area (TPSA) is 65.8 Å². The van der Waals surface area contributed by atoms with Crippen molar-refractivity contribution in [1.29, 1.82) is 5.26 Å². The van der Waals surface area contributed by atoms with Crippen molar-refractivity contribution in [1.82, 2.24) is 10.3 Å². The molecule has 2 rings (SSSR count). The largest absolute Gasteiger partial charge is 0.336 e. The quantitative estimate of drug-likeness (QED) is 0.919. The monoisotopic (exact) mass is 279 g/mol. The molecule has 1 aromatic heterocycles. The van der Waals surface area contributed by atoms with Crippen molar-refractivity contribution in [3.8, 4) is 6.07 Å². The number of carbonyl (C=O) groups is 1. The lowest BCUT2D eigenvalue weighted by Gasteiger charge is -2.09. The second kappa shape index (κ2) is 4.62. The van der Waals surface area contributed by atoms with Crippen molar-refractivity contribution in [3.63, 3.8) is 0 Å². The predicted octanol–water partition coefficient (Wildman–Crippen LogP) is 1.88. The highest BCUT2D eigenvalue weighted by atomic mass is 79.9. The summed E-state index contributed by atoms with van der Waals surface area (Å²) in [4.78, 5) is 15.7. The van der Waals surface area contributed by atoms with E-state index in [4.69, 9.17) is 5.26 Å². The molecule has 1 saturated carbocycles. The molecule has 5 heteroatoms. The van der Waals surface area contributed by atoms with E-state index in [1.165, 1.54) is 6.20 Å². The number of nitrogens with zero attached hydrogens (tertiary/aromatic N) is 2. The van der Waals surface area contributed by atoms with Crippen LogP contribution in [0.25, 0.3) is 0 Å². The first kappa shape index (κ1) is 11.1. The molecule has 1 unspecified atom stereocenters. The number of carbonyl (C=O) groups excluding carboxylic acids is 1. The van der Waals surface area contributed by atoms with Gasteiger partial charge in [0.05, 0.1) is 11.6 Å². The van der Waals surface area contributed by atoms with Gasteiger partial charge in [0.25, 0.3) is 5.91 Å².